The quantitative estimate of drug-likeness (QED) is 0.711. The van der Waals surface area contributed by atoms with Crippen LogP contribution in [-0.2, 0) is 29.1 Å². The highest BCUT2D eigenvalue weighted by Gasteiger charge is 2.26. The summed E-state index contributed by atoms with van der Waals surface area (Å²) in [6, 6.07) is 9.83. The highest BCUT2D eigenvalue weighted by atomic mass is 16.4. The molecule has 140 valence electrons. The zero-order chi connectivity index (χ0) is 19.2. The van der Waals surface area contributed by atoms with Gasteiger partial charge in [0.1, 0.15) is 23.8 Å². The second-order valence-electron chi connectivity index (χ2n) is 6.03. The minimum Gasteiger partial charge on any atom is -0.483 e. The van der Waals surface area contributed by atoms with Crippen molar-refractivity contribution in [2.24, 2.45) is 0 Å². The van der Waals surface area contributed by atoms with Crippen LogP contribution in [-0.4, -0.2) is 43.5 Å². The molecule has 8 nitrogen and oxygen atoms in total. The summed E-state index contributed by atoms with van der Waals surface area (Å²) in [6.07, 6.45) is 4.23. The third-order valence-corrected chi connectivity index (χ3v) is 4.33. The van der Waals surface area contributed by atoms with Crippen LogP contribution >= 0.6 is 0 Å². The largest absolute Gasteiger partial charge is 0.483 e. The number of carbonyl (C=O) groups excluding carboxylic acids is 1. The molecule has 3 aromatic rings. The van der Waals surface area contributed by atoms with Crippen LogP contribution < -0.4 is 0 Å². The SMILES string of the molecule is Cc1nccn1CC(=O)N1CCc2oc(-c3ccccc3)nc2C1.O=CO. The lowest BCUT2D eigenvalue weighted by Gasteiger charge is -2.25. The molecule has 8 heteroatoms. The van der Waals surface area contributed by atoms with Crippen LogP contribution in [0.5, 0.6) is 0 Å². The van der Waals surface area contributed by atoms with Gasteiger partial charge in [-0.05, 0) is 19.1 Å². The van der Waals surface area contributed by atoms with Crippen molar-refractivity contribution < 1.29 is 19.1 Å². The standard InChI is InChI=1S/C18H18N4O2.CH2O2/c1-13-19-8-10-21(13)12-17(23)22-9-7-16-15(11-22)20-18(24-16)14-5-3-2-4-6-14;2-1-3/h2-6,8,10H,7,9,11-12H2,1H3;1H,(H,2,3). The fourth-order valence-electron chi connectivity index (χ4n) is 2.93. The molecular weight excluding hydrogens is 348 g/mol. The first-order chi connectivity index (χ1) is 13.1. The summed E-state index contributed by atoms with van der Waals surface area (Å²) in [4.78, 5) is 31.5. The molecule has 0 spiro atoms. The number of amides is 1. The van der Waals surface area contributed by atoms with E-state index in [9.17, 15) is 4.79 Å². The van der Waals surface area contributed by atoms with Gasteiger partial charge in [-0.15, -0.1) is 0 Å². The predicted molar refractivity (Wildman–Crippen MR) is 96.7 cm³/mol. The third kappa shape index (κ3) is 4.22. The number of aryl methyl sites for hydroxylation is 1. The molecule has 1 amide bonds. The molecule has 0 bridgehead atoms. The van der Waals surface area contributed by atoms with Gasteiger partial charge in [-0.1, -0.05) is 18.2 Å². The Kier molecular flexibility index (Phi) is 5.65. The van der Waals surface area contributed by atoms with Gasteiger partial charge in [-0.3, -0.25) is 9.59 Å². The van der Waals surface area contributed by atoms with Crippen molar-refractivity contribution in [3.63, 3.8) is 0 Å². The van der Waals surface area contributed by atoms with Crippen LogP contribution in [0.4, 0.5) is 0 Å². The van der Waals surface area contributed by atoms with E-state index in [1.807, 2.05) is 52.9 Å². The third-order valence-electron chi connectivity index (χ3n) is 4.33. The Balaban J connectivity index is 0.000000659. The minimum absolute atomic E-state index is 0.0750. The Bertz CT molecular complexity index is 917. The number of fused-ring (bicyclic) bond motifs is 1. The number of imidazole rings is 1. The molecule has 0 unspecified atom stereocenters. The van der Waals surface area contributed by atoms with Crippen molar-refractivity contribution in [1.82, 2.24) is 19.4 Å². The predicted octanol–water partition coefficient (Wildman–Crippen LogP) is 2.13. The van der Waals surface area contributed by atoms with Gasteiger partial charge < -0.3 is 19.0 Å². The highest BCUT2D eigenvalue weighted by Crippen LogP contribution is 2.26. The van der Waals surface area contributed by atoms with E-state index >= 15 is 0 Å². The number of aromatic nitrogens is 3. The molecule has 1 aliphatic rings. The molecule has 27 heavy (non-hydrogen) atoms. The lowest BCUT2D eigenvalue weighted by Crippen LogP contribution is -2.38. The van der Waals surface area contributed by atoms with Gasteiger partial charge in [0, 0.05) is 30.9 Å². The van der Waals surface area contributed by atoms with E-state index in [-0.39, 0.29) is 12.4 Å². The molecule has 3 heterocycles. The van der Waals surface area contributed by atoms with Gasteiger partial charge in [0.15, 0.2) is 0 Å². The molecule has 0 saturated carbocycles. The van der Waals surface area contributed by atoms with Gasteiger partial charge in [-0.25, -0.2) is 9.97 Å². The maximum absolute atomic E-state index is 12.5. The molecule has 0 fully saturated rings. The normalized spacial score (nSPS) is 12.7. The van der Waals surface area contributed by atoms with Gasteiger partial charge in [0.05, 0.1) is 6.54 Å². The highest BCUT2D eigenvalue weighted by molar-refractivity contribution is 5.76. The number of nitrogens with zero attached hydrogens (tertiary/aromatic N) is 4. The summed E-state index contributed by atoms with van der Waals surface area (Å²) in [5.41, 5.74) is 1.81. The maximum atomic E-state index is 12.5. The van der Waals surface area contributed by atoms with Crippen LogP contribution in [0.3, 0.4) is 0 Å². The first-order valence-electron chi connectivity index (χ1n) is 8.49. The number of hydrogen-bond donors (Lipinski definition) is 1. The summed E-state index contributed by atoms with van der Waals surface area (Å²) >= 11 is 0. The van der Waals surface area contributed by atoms with Crippen LogP contribution in [0, 0.1) is 6.92 Å². The van der Waals surface area contributed by atoms with E-state index in [4.69, 9.17) is 14.3 Å². The van der Waals surface area contributed by atoms with E-state index in [0.29, 0.717) is 31.9 Å². The summed E-state index contributed by atoms with van der Waals surface area (Å²) in [6.45, 7) is 3.11. The Hall–Kier alpha value is -3.42. The fraction of sp³-hybridized carbons (Fsp3) is 0.263. The second-order valence-corrected chi connectivity index (χ2v) is 6.03. The van der Waals surface area contributed by atoms with E-state index < -0.39 is 0 Å². The van der Waals surface area contributed by atoms with Crippen molar-refractivity contribution in [2.75, 3.05) is 6.54 Å². The van der Waals surface area contributed by atoms with Crippen LogP contribution in [0.1, 0.15) is 17.3 Å². The minimum atomic E-state index is -0.250. The molecule has 4 rings (SSSR count). The van der Waals surface area contributed by atoms with Gasteiger partial charge in [-0.2, -0.15) is 0 Å². The van der Waals surface area contributed by atoms with Crippen LogP contribution in [0.25, 0.3) is 11.5 Å². The molecule has 0 radical (unpaired) electrons. The number of hydrogen-bond acceptors (Lipinski definition) is 5. The number of oxazole rings is 1. The smallest absolute Gasteiger partial charge is 0.290 e. The van der Waals surface area contributed by atoms with Gasteiger partial charge in [0.2, 0.25) is 11.8 Å². The summed E-state index contributed by atoms with van der Waals surface area (Å²) in [7, 11) is 0. The summed E-state index contributed by atoms with van der Waals surface area (Å²) < 4.78 is 7.74. The first-order valence-corrected chi connectivity index (χ1v) is 8.49. The number of benzene rings is 1. The van der Waals surface area contributed by atoms with Crippen molar-refractivity contribution >= 4 is 12.4 Å². The molecule has 2 aromatic heterocycles. The topological polar surface area (TPSA) is 101 Å². The molecule has 0 atom stereocenters. The molecule has 1 aliphatic heterocycles. The zero-order valence-corrected chi connectivity index (χ0v) is 14.9. The van der Waals surface area contributed by atoms with Gasteiger partial charge in [0.25, 0.3) is 6.47 Å². The lowest BCUT2D eigenvalue weighted by atomic mass is 10.1. The van der Waals surface area contributed by atoms with Crippen molar-refractivity contribution in [2.45, 2.75) is 26.4 Å². The Morgan fingerprint density at radius 1 is 1.33 bits per heavy atom. The first kappa shape index (κ1) is 18.4. The second kappa shape index (κ2) is 8.31. The van der Waals surface area contributed by atoms with E-state index in [2.05, 4.69) is 9.97 Å². The fourth-order valence-corrected chi connectivity index (χ4v) is 2.93. The number of rotatable bonds is 3. The van der Waals surface area contributed by atoms with Crippen LogP contribution in [0.2, 0.25) is 0 Å². The number of carbonyl (C=O) groups is 2. The summed E-state index contributed by atoms with van der Waals surface area (Å²) in [5, 5.41) is 6.89. The molecule has 0 saturated heterocycles. The van der Waals surface area contributed by atoms with E-state index in [0.717, 1.165) is 22.8 Å². The molecular formula is C19H20N4O4. The van der Waals surface area contributed by atoms with Crippen molar-refractivity contribution in [1.29, 1.82) is 0 Å². The maximum Gasteiger partial charge on any atom is 0.290 e. The average molecular weight is 368 g/mol. The van der Waals surface area contributed by atoms with E-state index in [1.165, 1.54) is 0 Å². The Labute approximate surface area is 156 Å². The zero-order valence-electron chi connectivity index (χ0n) is 14.9. The van der Waals surface area contributed by atoms with Crippen molar-refractivity contribution in [3.05, 3.63) is 60.0 Å². The number of carboxylic acid groups (broad SMARTS) is 1. The summed E-state index contributed by atoms with van der Waals surface area (Å²) in [5.74, 6) is 2.43. The van der Waals surface area contributed by atoms with Gasteiger partial charge >= 0.3 is 0 Å². The van der Waals surface area contributed by atoms with Crippen LogP contribution in [0.15, 0.2) is 47.1 Å². The Morgan fingerprint density at radius 2 is 2.07 bits per heavy atom. The molecule has 0 aliphatic carbocycles. The average Bonchev–Trinajstić information content (AvgIpc) is 3.28. The molecule has 1 aromatic carbocycles. The molecule has 1 N–H and O–H groups in total. The lowest BCUT2D eigenvalue weighted by molar-refractivity contribution is -0.133. The Morgan fingerprint density at radius 3 is 2.74 bits per heavy atom. The monoisotopic (exact) mass is 368 g/mol. The van der Waals surface area contributed by atoms with Crippen molar-refractivity contribution in [3.8, 4) is 11.5 Å². The van der Waals surface area contributed by atoms with E-state index in [1.54, 1.807) is 6.20 Å².